The molecule has 1 aliphatic carbocycles. The molecule has 2 heterocycles. The quantitative estimate of drug-likeness (QED) is 0.560. The zero-order valence-electron chi connectivity index (χ0n) is 15.6. The summed E-state index contributed by atoms with van der Waals surface area (Å²) in [5, 5.41) is 3.91. The fourth-order valence-corrected chi connectivity index (χ4v) is 3.76. The summed E-state index contributed by atoms with van der Waals surface area (Å²) >= 11 is 0. The molecule has 6 nitrogen and oxygen atoms in total. The van der Waals surface area contributed by atoms with Crippen LogP contribution in [0, 0.1) is 0 Å². The lowest BCUT2D eigenvalue weighted by Crippen LogP contribution is -2.15. The van der Waals surface area contributed by atoms with Crippen molar-refractivity contribution in [3.8, 4) is 11.6 Å². The number of carbonyl (C=O) groups is 1. The lowest BCUT2D eigenvalue weighted by atomic mass is 10.0. The molecule has 0 aliphatic heterocycles. The SMILES string of the molecule is O=C(Nc1cccc(Oc2cnccn2)c1)c1c2c(nc3ccccc13)CCC2. The Morgan fingerprint density at radius 1 is 1.03 bits per heavy atom. The fraction of sp³-hybridized carbons (Fsp3) is 0.130. The number of fused-ring (bicyclic) bond motifs is 2. The Labute approximate surface area is 167 Å². The summed E-state index contributed by atoms with van der Waals surface area (Å²) in [5.74, 6) is 0.848. The summed E-state index contributed by atoms with van der Waals surface area (Å²) in [4.78, 5) is 26.1. The van der Waals surface area contributed by atoms with Gasteiger partial charge in [0.2, 0.25) is 5.88 Å². The summed E-state index contributed by atoms with van der Waals surface area (Å²) < 4.78 is 5.72. The highest BCUT2D eigenvalue weighted by molar-refractivity contribution is 6.13. The van der Waals surface area contributed by atoms with E-state index in [0.29, 0.717) is 17.3 Å². The second kappa shape index (κ2) is 7.31. The minimum absolute atomic E-state index is 0.126. The monoisotopic (exact) mass is 382 g/mol. The minimum Gasteiger partial charge on any atom is -0.437 e. The van der Waals surface area contributed by atoms with Gasteiger partial charge in [-0.3, -0.25) is 14.8 Å². The van der Waals surface area contributed by atoms with Gasteiger partial charge in [-0.2, -0.15) is 0 Å². The van der Waals surface area contributed by atoms with Gasteiger partial charge < -0.3 is 10.1 Å². The third kappa shape index (κ3) is 3.40. The maximum Gasteiger partial charge on any atom is 0.256 e. The molecule has 2 aromatic heterocycles. The van der Waals surface area contributed by atoms with Gasteiger partial charge in [-0.25, -0.2) is 4.98 Å². The maximum absolute atomic E-state index is 13.3. The second-order valence-corrected chi connectivity index (χ2v) is 6.91. The van der Waals surface area contributed by atoms with E-state index in [1.807, 2.05) is 42.5 Å². The first-order chi connectivity index (χ1) is 14.3. The number of carbonyl (C=O) groups excluding carboxylic acids is 1. The molecule has 1 aliphatic rings. The van der Waals surface area contributed by atoms with Crippen molar-refractivity contribution in [2.24, 2.45) is 0 Å². The standard InChI is InChI=1S/C23H18N4O2/c28-23(22-17-7-1-2-9-19(17)27-20-10-4-8-18(20)22)26-15-5-3-6-16(13-15)29-21-14-24-11-12-25-21/h1-3,5-7,9,11-14H,4,8,10H2,(H,26,28). The van der Waals surface area contributed by atoms with Gasteiger partial charge in [0.1, 0.15) is 5.75 Å². The van der Waals surface area contributed by atoms with Crippen molar-refractivity contribution in [1.29, 1.82) is 0 Å². The number of nitrogens with zero attached hydrogens (tertiary/aromatic N) is 3. The Balaban J connectivity index is 1.47. The molecule has 0 fully saturated rings. The first kappa shape index (κ1) is 17.3. The van der Waals surface area contributed by atoms with Crippen LogP contribution in [0.5, 0.6) is 11.6 Å². The van der Waals surface area contributed by atoms with Crippen LogP contribution in [-0.2, 0) is 12.8 Å². The molecule has 0 atom stereocenters. The highest BCUT2D eigenvalue weighted by Gasteiger charge is 2.23. The molecular formula is C23H18N4O2. The normalized spacial score (nSPS) is 12.6. The highest BCUT2D eigenvalue weighted by Crippen LogP contribution is 2.31. The molecule has 0 bridgehead atoms. The summed E-state index contributed by atoms with van der Waals surface area (Å²) in [6, 6.07) is 15.1. The number of aromatic nitrogens is 3. The Hall–Kier alpha value is -3.80. The number of pyridine rings is 1. The molecule has 4 aromatic rings. The molecule has 142 valence electrons. The molecule has 6 heteroatoms. The summed E-state index contributed by atoms with van der Waals surface area (Å²) in [5.41, 5.74) is 4.34. The van der Waals surface area contributed by atoms with E-state index in [0.717, 1.165) is 47.0 Å². The fourth-order valence-electron chi connectivity index (χ4n) is 3.76. The van der Waals surface area contributed by atoms with Gasteiger partial charge in [-0.05, 0) is 43.0 Å². The van der Waals surface area contributed by atoms with Gasteiger partial charge >= 0.3 is 0 Å². The van der Waals surface area contributed by atoms with Crippen molar-refractivity contribution in [2.75, 3.05) is 5.32 Å². The first-order valence-electron chi connectivity index (χ1n) is 9.54. The van der Waals surface area contributed by atoms with Crippen molar-refractivity contribution >= 4 is 22.5 Å². The number of rotatable bonds is 4. The number of nitrogens with one attached hydrogen (secondary N) is 1. The number of aryl methyl sites for hydroxylation is 1. The number of amides is 1. The largest absolute Gasteiger partial charge is 0.437 e. The van der Waals surface area contributed by atoms with Crippen LogP contribution in [0.1, 0.15) is 28.0 Å². The van der Waals surface area contributed by atoms with Crippen LogP contribution in [0.2, 0.25) is 0 Å². The molecule has 29 heavy (non-hydrogen) atoms. The van der Waals surface area contributed by atoms with Crippen LogP contribution in [0.25, 0.3) is 10.9 Å². The summed E-state index contributed by atoms with van der Waals surface area (Å²) in [7, 11) is 0. The zero-order valence-corrected chi connectivity index (χ0v) is 15.6. The number of benzene rings is 2. The molecule has 0 saturated heterocycles. The molecule has 2 aromatic carbocycles. The van der Waals surface area contributed by atoms with E-state index in [-0.39, 0.29) is 5.91 Å². The first-order valence-corrected chi connectivity index (χ1v) is 9.54. The third-order valence-corrected chi connectivity index (χ3v) is 5.00. The molecule has 0 unspecified atom stereocenters. The predicted octanol–water partition coefficient (Wildman–Crippen LogP) is 4.56. The summed E-state index contributed by atoms with van der Waals surface area (Å²) in [6.45, 7) is 0. The minimum atomic E-state index is -0.126. The van der Waals surface area contributed by atoms with E-state index in [1.165, 1.54) is 6.20 Å². The van der Waals surface area contributed by atoms with Crippen molar-refractivity contribution < 1.29 is 9.53 Å². The average Bonchev–Trinajstić information content (AvgIpc) is 3.21. The van der Waals surface area contributed by atoms with E-state index in [1.54, 1.807) is 18.5 Å². The molecule has 0 spiro atoms. The Morgan fingerprint density at radius 2 is 1.97 bits per heavy atom. The second-order valence-electron chi connectivity index (χ2n) is 6.91. The van der Waals surface area contributed by atoms with Gasteiger partial charge in [-0.15, -0.1) is 0 Å². The lowest BCUT2D eigenvalue weighted by Gasteiger charge is -2.13. The van der Waals surface area contributed by atoms with Crippen LogP contribution in [-0.4, -0.2) is 20.9 Å². The van der Waals surface area contributed by atoms with E-state index < -0.39 is 0 Å². The Bertz CT molecular complexity index is 1210. The van der Waals surface area contributed by atoms with Crippen LogP contribution in [0.3, 0.4) is 0 Å². The summed E-state index contributed by atoms with van der Waals surface area (Å²) in [6.07, 6.45) is 7.52. The van der Waals surface area contributed by atoms with Crippen LogP contribution < -0.4 is 10.1 Å². The van der Waals surface area contributed by atoms with Crippen molar-refractivity contribution in [3.05, 3.63) is 83.9 Å². The third-order valence-electron chi connectivity index (χ3n) is 5.00. The number of anilines is 1. The van der Waals surface area contributed by atoms with Gasteiger partial charge in [0.15, 0.2) is 0 Å². The van der Waals surface area contributed by atoms with Gasteiger partial charge in [0.25, 0.3) is 5.91 Å². The van der Waals surface area contributed by atoms with Crippen LogP contribution in [0.15, 0.2) is 67.1 Å². The molecule has 0 saturated carbocycles. The highest BCUT2D eigenvalue weighted by atomic mass is 16.5. The lowest BCUT2D eigenvalue weighted by molar-refractivity contribution is 0.102. The van der Waals surface area contributed by atoms with Crippen molar-refractivity contribution in [1.82, 2.24) is 15.0 Å². The molecular weight excluding hydrogens is 364 g/mol. The zero-order chi connectivity index (χ0) is 19.6. The number of hydrogen-bond donors (Lipinski definition) is 1. The molecule has 5 rings (SSSR count). The van der Waals surface area contributed by atoms with E-state index in [2.05, 4.69) is 15.3 Å². The van der Waals surface area contributed by atoms with Crippen LogP contribution in [0.4, 0.5) is 5.69 Å². The van der Waals surface area contributed by atoms with Gasteiger partial charge in [0, 0.05) is 35.2 Å². The molecule has 0 radical (unpaired) electrons. The molecule has 1 N–H and O–H groups in total. The smallest absolute Gasteiger partial charge is 0.256 e. The maximum atomic E-state index is 13.3. The topological polar surface area (TPSA) is 77.0 Å². The number of hydrogen-bond acceptors (Lipinski definition) is 5. The average molecular weight is 382 g/mol. The van der Waals surface area contributed by atoms with Crippen molar-refractivity contribution in [2.45, 2.75) is 19.3 Å². The Kier molecular flexibility index (Phi) is 4.37. The van der Waals surface area contributed by atoms with E-state index >= 15 is 0 Å². The van der Waals surface area contributed by atoms with Crippen molar-refractivity contribution in [3.63, 3.8) is 0 Å². The van der Waals surface area contributed by atoms with Crippen LogP contribution >= 0.6 is 0 Å². The van der Waals surface area contributed by atoms with E-state index in [4.69, 9.17) is 9.72 Å². The van der Waals surface area contributed by atoms with Gasteiger partial charge in [-0.1, -0.05) is 24.3 Å². The molecule has 1 amide bonds. The Morgan fingerprint density at radius 3 is 2.86 bits per heavy atom. The number of para-hydroxylation sites is 1. The predicted molar refractivity (Wildman–Crippen MR) is 110 cm³/mol. The van der Waals surface area contributed by atoms with Gasteiger partial charge in [0.05, 0.1) is 17.3 Å². The van der Waals surface area contributed by atoms with E-state index in [9.17, 15) is 4.79 Å². The number of ether oxygens (including phenoxy) is 1.